The fourth-order valence-corrected chi connectivity index (χ4v) is 6.97. The van der Waals surface area contributed by atoms with Crippen molar-refractivity contribution in [3.8, 4) is 11.5 Å². The molecule has 8 nitrogen and oxygen atoms in total. The van der Waals surface area contributed by atoms with E-state index in [0.717, 1.165) is 23.3 Å². The molecule has 1 amide bonds. The number of anilines is 1. The Kier molecular flexibility index (Phi) is 8.18. The summed E-state index contributed by atoms with van der Waals surface area (Å²) in [6.45, 7) is 4.47. The topological polar surface area (TPSA) is 102 Å². The molecule has 0 bridgehead atoms. The third-order valence-electron chi connectivity index (χ3n) is 7.14. The normalized spacial score (nSPS) is 19.0. The summed E-state index contributed by atoms with van der Waals surface area (Å²) in [5, 5.41) is 20.3. The Morgan fingerprint density at radius 2 is 1.95 bits per heavy atom. The number of ether oxygens (including phenoxy) is 2. The number of aromatic nitrogens is 2. The van der Waals surface area contributed by atoms with Crippen LogP contribution in [0.5, 0.6) is 11.5 Å². The maximum Gasteiger partial charge on any atom is 0.301 e. The Bertz CT molecular complexity index is 1720. The number of carbonyl (C=O) groups is 2. The molecule has 11 heteroatoms. The Labute approximate surface area is 256 Å². The molecule has 0 saturated carbocycles. The van der Waals surface area contributed by atoms with Gasteiger partial charge in [-0.25, -0.2) is 4.39 Å². The molecule has 4 aromatic rings. The van der Waals surface area contributed by atoms with Gasteiger partial charge in [0, 0.05) is 17.7 Å². The molecular formula is C32H28FN3O5S2. The zero-order chi connectivity index (χ0) is 30.1. The summed E-state index contributed by atoms with van der Waals surface area (Å²) in [5.74, 6) is -0.367. The molecule has 0 aliphatic carbocycles. The number of aliphatic hydroxyl groups excluding tert-OH is 1. The molecule has 3 heterocycles. The van der Waals surface area contributed by atoms with Gasteiger partial charge in [0.1, 0.15) is 29.2 Å². The number of thioether (sulfide) groups is 1. The summed E-state index contributed by atoms with van der Waals surface area (Å²) in [6, 6.07) is 17.6. The van der Waals surface area contributed by atoms with E-state index in [4.69, 9.17) is 9.47 Å². The summed E-state index contributed by atoms with van der Waals surface area (Å²) in [6.07, 6.45) is 1.50. The van der Waals surface area contributed by atoms with Crippen molar-refractivity contribution in [3.05, 3.63) is 100 Å². The first-order chi connectivity index (χ1) is 20.8. The number of hydrogen-bond acceptors (Lipinski definition) is 9. The van der Waals surface area contributed by atoms with E-state index in [2.05, 4.69) is 10.2 Å². The van der Waals surface area contributed by atoms with E-state index in [1.165, 1.54) is 40.1 Å². The Balaban J connectivity index is 1.39. The predicted molar refractivity (Wildman–Crippen MR) is 163 cm³/mol. The number of Topliss-reactive ketones (excluding diaryl/α,β-unsaturated/α-hetero) is 1. The number of halogens is 1. The third-order valence-corrected chi connectivity index (χ3v) is 9.27. The zero-order valence-electron chi connectivity index (χ0n) is 23.5. The fraction of sp³-hybridized carbons (Fsp3) is 0.250. The highest BCUT2D eigenvalue weighted by atomic mass is 32.2. The van der Waals surface area contributed by atoms with Gasteiger partial charge in [-0.15, -0.1) is 10.2 Å². The molecule has 0 spiro atoms. The molecule has 2 atom stereocenters. The van der Waals surface area contributed by atoms with E-state index in [-0.39, 0.29) is 28.4 Å². The second-order valence-corrected chi connectivity index (χ2v) is 12.5. The number of ketones is 1. The van der Waals surface area contributed by atoms with Crippen LogP contribution in [-0.4, -0.2) is 39.7 Å². The van der Waals surface area contributed by atoms with Crippen molar-refractivity contribution in [2.24, 2.45) is 0 Å². The van der Waals surface area contributed by atoms with Gasteiger partial charge in [-0.2, -0.15) is 0 Å². The number of amides is 1. The van der Waals surface area contributed by atoms with Gasteiger partial charge in [0.25, 0.3) is 5.78 Å². The number of aliphatic hydroxyl groups is 1. The zero-order valence-corrected chi connectivity index (χ0v) is 25.1. The fourth-order valence-electron chi connectivity index (χ4n) is 5.15. The molecule has 2 aliphatic heterocycles. The predicted octanol–water partition coefficient (Wildman–Crippen LogP) is 6.71. The minimum Gasteiger partial charge on any atom is -0.507 e. The lowest BCUT2D eigenvalue weighted by Gasteiger charge is -2.23. The van der Waals surface area contributed by atoms with Gasteiger partial charge >= 0.3 is 5.91 Å². The van der Waals surface area contributed by atoms with E-state index >= 15 is 0 Å². The number of nitrogens with zero attached hydrogens (tertiary/aromatic N) is 3. The molecule has 1 aromatic heterocycles. The molecule has 1 saturated heterocycles. The molecule has 0 radical (unpaired) electrons. The van der Waals surface area contributed by atoms with E-state index in [0.29, 0.717) is 40.0 Å². The number of rotatable bonds is 9. The first-order valence-corrected chi connectivity index (χ1v) is 15.7. The quantitative estimate of drug-likeness (QED) is 0.0727. The molecule has 1 N–H and O–H groups in total. The molecular weight excluding hydrogens is 590 g/mol. The van der Waals surface area contributed by atoms with E-state index in [1.54, 1.807) is 48.5 Å². The highest BCUT2D eigenvalue weighted by Gasteiger charge is 2.48. The highest BCUT2D eigenvalue weighted by molar-refractivity contribution is 8.00. The molecule has 3 aromatic carbocycles. The Morgan fingerprint density at radius 3 is 2.74 bits per heavy atom. The highest BCUT2D eigenvalue weighted by Crippen LogP contribution is 2.45. The van der Waals surface area contributed by atoms with Crippen molar-refractivity contribution in [2.45, 2.75) is 48.9 Å². The molecule has 0 unspecified atom stereocenters. The lowest BCUT2D eigenvalue weighted by Crippen LogP contribution is -2.29. The maximum absolute atomic E-state index is 13.6. The van der Waals surface area contributed by atoms with Gasteiger partial charge in [-0.3, -0.25) is 14.5 Å². The smallest absolute Gasteiger partial charge is 0.301 e. The first-order valence-electron chi connectivity index (χ1n) is 13.9. The first kappa shape index (κ1) is 28.9. The van der Waals surface area contributed by atoms with Crippen LogP contribution in [0.4, 0.5) is 9.52 Å². The van der Waals surface area contributed by atoms with Crippen molar-refractivity contribution < 1.29 is 28.6 Å². The standard InChI is InChI=1S/C32H28FN3O5S2/c1-3-13-40-24-6-4-5-20(16-24)27-26(28(37)21-9-12-25-22(15-21)14-18(2)41-25)29(38)30(39)36(27)31-34-35-32(43-31)42-17-19-7-10-23(33)11-8-19/h4-12,15-16,18,27,37H,3,13-14,17H2,1-2H3/t18-,27-/m1/s1. The second kappa shape index (κ2) is 12.2. The van der Waals surface area contributed by atoms with Crippen LogP contribution in [-0.2, 0) is 21.8 Å². The van der Waals surface area contributed by atoms with Crippen LogP contribution in [0.1, 0.15) is 48.6 Å². The van der Waals surface area contributed by atoms with Crippen LogP contribution in [0.2, 0.25) is 0 Å². The van der Waals surface area contributed by atoms with Crippen LogP contribution in [0.15, 0.2) is 76.6 Å². The summed E-state index contributed by atoms with van der Waals surface area (Å²) >= 11 is 2.56. The van der Waals surface area contributed by atoms with Gasteiger partial charge in [0.05, 0.1) is 18.2 Å². The average molecular weight is 618 g/mol. The number of benzene rings is 3. The van der Waals surface area contributed by atoms with Crippen molar-refractivity contribution in [1.82, 2.24) is 10.2 Å². The summed E-state index contributed by atoms with van der Waals surface area (Å²) in [7, 11) is 0. The lowest BCUT2D eigenvalue weighted by atomic mass is 9.94. The van der Waals surface area contributed by atoms with Crippen LogP contribution >= 0.6 is 23.1 Å². The lowest BCUT2D eigenvalue weighted by molar-refractivity contribution is -0.132. The van der Waals surface area contributed by atoms with E-state index < -0.39 is 17.7 Å². The summed E-state index contributed by atoms with van der Waals surface area (Å²) < 4.78 is 25.5. The van der Waals surface area contributed by atoms with Gasteiger partial charge < -0.3 is 14.6 Å². The largest absolute Gasteiger partial charge is 0.507 e. The monoisotopic (exact) mass is 617 g/mol. The molecule has 43 heavy (non-hydrogen) atoms. The van der Waals surface area contributed by atoms with Gasteiger partial charge in [-0.1, -0.05) is 54.3 Å². The number of hydrogen-bond donors (Lipinski definition) is 1. The van der Waals surface area contributed by atoms with E-state index in [9.17, 15) is 19.1 Å². The third kappa shape index (κ3) is 5.87. The van der Waals surface area contributed by atoms with Crippen molar-refractivity contribution in [1.29, 1.82) is 0 Å². The number of carbonyl (C=O) groups excluding carboxylic acids is 2. The molecule has 1 fully saturated rings. The minimum atomic E-state index is -0.962. The van der Waals surface area contributed by atoms with Crippen molar-refractivity contribution in [3.63, 3.8) is 0 Å². The number of fused-ring (bicyclic) bond motifs is 1. The maximum atomic E-state index is 13.6. The van der Waals surface area contributed by atoms with Gasteiger partial charge in [0.2, 0.25) is 5.13 Å². The molecule has 220 valence electrons. The average Bonchev–Trinajstić information content (AvgIpc) is 3.70. The minimum absolute atomic E-state index is 0.0105. The molecule has 2 aliphatic rings. The van der Waals surface area contributed by atoms with Crippen LogP contribution < -0.4 is 14.4 Å². The van der Waals surface area contributed by atoms with Crippen molar-refractivity contribution in [2.75, 3.05) is 11.5 Å². The Morgan fingerprint density at radius 1 is 1.14 bits per heavy atom. The Hall–Kier alpha value is -4.22. The van der Waals surface area contributed by atoms with Crippen molar-refractivity contribution >= 4 is 45.7 Å². The van der Waals surface area contributed by atoms with Gasteiger partial charge in [-0.05, 0) is 72.5 Å². The summed E-state index contributed by atoms with van der Waals surface area (Å²) in [4.78, 5) is 28.5. The van der Waals surface area contributed by atoms with Crippen LogP contribution in [0.25, 0.3) is 5.76 Å². The van der Waals surface area contributed by atoms with Crippen LogP contribution in [0, 0.1) is 5.82 Å². The SMILES string of the molecule is CCCOc1cccc([C@@H]2C(=C(O)c3ccc4c(c3)C[C@@H](C)O4)C(=O)C(=O)N2c2nnc(SCc3ccc(F)cc3)s2)c1. The van der Waals surface area contributed by atoms with Crippen LogP contribution in [0.3, 0.4) is 0 Å². The molecule has 6 rings (SSSR count). The summed E-state index contributed by atoms with van der Waals surface area (Å²) in [5.41, 5.74) is 2.79. The van der Waals surface area contributed by atoms with E-state index in [1.807, 2.05) is 19.9 Å². The van der Waals surface area contributed by atoms with Gasteiger partial charge in [0.15, 0.2) is 4.34 Å². The second-order valence-electron chi connectivity index (χ2n) is 10.3.